The fourth-order valence-electron chi connectivity index (χ4n) is 2.78. The Morgan fingerprint density at radius 3 is 2.59 bits per heavy atom. The zero-order chi connectivity index (χ0) is 16.2. The number of amides is 1. The summed E-state index contributed by atoms with van der Waals surface area (Å²) in [5.74, 6) is 0.273. The first-order chi connectivity index (χ1) is 10.4. The molecule has 120 valence electrons. The quantitative estimate of drug-likeness (QED) is 0.871. The van der Waals surface area contributed by atoms with Gasteiger partial charge in [-0.2, -0.15) is 0 Å². The number of aliphatic hydroxyl groups excluding tert-OH is 1. The average molecular weight is 301 g/mol. The van der Waals surface area contributed by atoms with E-state index in [-0.39, 0.29) is 23.8 Å². The molecular weight excluding hydrogens is 274 g/mol. The number of piperidine rings is 1. The number of benzene rings is 1. The second-order valence-corrected chi connectivity index (χ2v) is 7.18. The van der Waals surface area contributed by atoms with Gasteiger partial charge in [-0.25, -0.2) is 0 Å². The topological polar surface area (TPSA) is 40.5 Å². The summed E-state index contributed by atoms with van der Waals surface area (Å²) in [6.07, 6.45) is 5.51. The Balaban J connectivity index is 1.97. The van der Waals surface area contributed by atoms with Gasteiger partial charge in [0.15, 0.2) is 0 Å². The van der Waals surface area contributed by atoms with Crippen molar-refractivity contribution in [2.45, 2.75) is 39.0 Å². The van der Waals surface area contributed by atoms with Crippen molar-refractivity contribution in [2.24, 2.45) is 5.92 Å². The standard InChI is InChI=1S/C19H27NO2/c1-19(2,3)17-9-6-15(7-10-17)8-11-18(22)20-12-4-5-16(13-20)14-21/h6-11,16,21H,4-5,12-14H2,1-3H3/b11-8+. The number of nitrogens with zero attached hydrogens (tertiary/aromatic N) is 1. The molecule has 22 heavy (non-hydrogen) atoms. The molecule has 0 saturated carbocycles. The molecule has 1 unspecified atom stereocenters. The lowest BCUT2D eigenvalue weighted by molar-refractivity contribution is -0.127. The molecule has 0 bridgehead atoms. The number of hydrogen-bond acceptors (Lipinski definition) is 2. The van der Waals surface area contributed by atoms with Crippen molar-refractivity contribution in [3.63, 3.8) is 0 Å². The van der Waals surface area contributed by atoms with Gasteiger partial charge in [0.1, 0.15) is 0 Å². The Bertz CT molecular complexity index is 525. The van der Waals surface area contributed by atoms with E-state index in [2.05, 4.69) is 45.0 Å². The molecular formula is C19H27NO2. The third kappa shape index (κ3) is 4.44. The monoisotopic (exact) mass is 301 g/mol. The van der Waals surface area contributed by atoms with E-state index in [4.69, 9.17) is 0 Å². The largest absolute Gasteiger partial charge is 0.396 e. The van der Waals surface area contributed by atoms with Crippen molar-refractivity contribution in [1.82, 2.24) is 4.90 Å². The molecule has 1 saturated heterocycles. The van der Waals surface area contributed by atoms with Gasteiger partial charge in [0.2, 0.25) is 5.91 Å². The van der Waals surface area contributed by atoms with E-state index in [1.807, 2.05) is 11.0 Å². The molecule has 1 heterocycles. The second-order valence-electron chi connectivity index (χ2n) is 7.18. The fourth-order valence-corrected chi connectivity index (χ4v) is 2.78. The summed E-state index contributed by atoms with van der Waals surface area (Å²) in [5.41, 5.74) is 2.47. The summed E-state index contributed by atoms with van der Waals surface area (Å²) in [7, 11) is 0. The molecule has 0 aliphatic carbocycles. The van der Waals surface area contributed by atoms with E-state index in [0.29, 0.717) is 6.54 Å². The van der Waals surface area contributed by atoms with Crippen molar-refractivity contribution >= 4 is 12.0 Å². The Morgan fingerprint density at radius 1 is 1.32 bits per heavy atom. The summed E-state index contributed by atoms with van der Waals surface area (Å²) in [4.78, 5) is 14.1. The maximum Gasteiger partial charge on any atom is 0.246 e. The van der Waals surface area contributed by atoms with Gasteiger partial charge >= 0.3 is 0 Å². The van der Waals surface area contributed by atoms with Crippen LogP contribution in [0.15, 0.2) is 30.3 Å². The zero-order valence-corrected chi connectivity index (χ0v) is 13.9. The highest BCUT2D eigenvalue weighted by molar-refractivity contribution is 5.91. The van der Waals surface area contributed by atoms with Crippen molar-refractivity contribution in [1.29, 1.82) is 0 Å². The molecule has 1 fully saturated rings. The summed E-state index contributed by atoms with van der Waals surface area (Å²) in [6.45, 7) is 8.20. The summed E-state index contributed by atoms with van der Waals surface area (Å²) in [5, 5.41) is 9.23. The first-order valence-corrected chi connectivity index (χ1v) is 8.08. The minimum absolute atomic E-state index is 0.0399. The van der Waals surface area contributed by atoms with E-state index >= 15 is 0 Å². The predicted molar refractivity (Wildman–Crippen MR) is 90.6 cm³/mol. The van der Waals surface area contributed by atoms with E-state index in [1.54, 1.807) is 6.08 Å². The average Bonchev–Trinajstić information content (AvgIpc) is 2.52. The van der Waals surface area contributed by atoms with Crippen LogP contribution < -0.4 is 0 Å². The third-order valence-corrected chi connectivity index (χ3v) is 4.28. The Morgan fingerprint density at radius 2 is 2.00 bits per heavy atom. The second kappa shape index (κ2) is 7.10. The van der Waals surface area contributed by atoms with Crippen LogP contribution in [0.2, 0.25) is 0 Å². The first-order valence-electron chi connectivity index (χ1n) is 8.08. The summed E-state index contributed by atoms with van der Waals surface area (Å²) < 4.78 is 0. The molecule has 3 heteroatoms. The number of carbonyl (C=O) groups excluding carboxylic acids is 1. The first kappa shape index (κ1) is 16.8. The van der Waals surface area contributed by atoms with Crippen molar-refractivity contribution in [3.8, 4) is 0 Å². The highest BCUT2D eigenvalue weighted by Gasteiger charge is 2.21. The Kier molecular flexibility index (Phi) is 5.41. The SMILES string of the molecule is CC(C)(C)c1ccc(/C=C/C(=O)N2CCCC(CO)C2)cc1. The predicted octanol–water partition coefficient (Wildman–Crippen LogP) is 3.23. The minimum Gasteiger partial charge on any atom is -0.396 e. The molecule has 0 spiro atoms. The summed E-state index contributed by atoms with van der Waals surface area (Å²) >= 11 is 0. The van der Waals surface area contributed by atoms with E-state index in [1.165, 1.54) is 5.56 Å². The molecule has 0 aromatic heterocycles. The van der Waals surface area contributed by atoms with Crippen LogP contribution in [-0.2, 0) is 10.2 Å². The minimum atomic E-state index is 0.0399. The van der Waals surface area contributed by atoms with Crippen LogP contribution in [0.25, 0.3) is 6.08 Å². The van der Waals surface area contributed by atoms with Crippen molar-refractivity contribution in [2.75, 3.05) is 19.7 Å². The van der Waals surface area contributed by atoms with Gasteiger partial charge in [-0.15, -0.1) is 0 Å². The number of hydrogen-bond donors (Lipinski definition) is 1. The van der Waals surface area contributed by atoms with Crippen LogP contribution in [0.1, 0.15) is 44.7 Å². The molecule has 1 aliphatic rings. The van der Waals surface area contributed by atoms with Gasteiger partial charge in [0, 0.05) is 25.8 Å². The van der Waals surface area contributed by atoms with E-state index in [0.717, 1.165) is 24.9 Å². The molecule has 1 N–H and O–H groups in total. The van der Waals surface area contributed by atoms with Gasteiger partial charge in [-0.05, 0) is 41.4 Å². The molecule has 1 aliphatic heterocycles. The van der Waals surface area contributed by atoms with Gasteiger partial charge in [0.05, 0.1) is 0 Å². The maximum absolute atomic E-state index is 12.2. The van der Waals surface area contributed by atoms with Crippen LogP contribution in [0, 0.1) is 5.92 Å². The van der Waals surface area contributed by atoms with Crippen LogP contribution in [0.4, 0.5) is 0 Å². The fraction of sp³-hybridized carbons (Fsp3) is 0.526. The number of likely N-dealkylation sites (tertiary alicyclic amines) is 1. The Labute approximate surface area is 133 Å². The van der Waals surface area contributed by atoms with Crippen LogP contribution >= 0.6 is 0 Å². The molecule has 1 aromatic carbocycles. The number of aliphatic hydroxyl groups is 1. The number of rotatable bonds is 3. The molecule has 2 rings (SSSR count). The normalized spacial score (nSPS) is 19.6. The highest BCUT2D eigenvalue weighted by atomic mass is 16.3. The Hall–Kier alpha value is -1.61. The van der Waals surface area contributed by atoms with Crippen molar-refractivity contribution in [3.05, 3.63) is 41.5 Å². The zero-order valence-electron chi connectivity index (χ0n) is 13.9. The van der Waals surface area contributed by atoms with Gasteiger partial charge < -0.3 is 10.0 Å². The molecule has 3 nitrogen and oxygen atoms in total. The third-order valence-electron chi connectivity index (χ3n) is 4.28. The molecule has 1 atom stereocenters. The molecule has 1 amide bonds. The van der Waals surface area contributed by atoms with Gasteiger partial charge in [0.25, 0.3) is 0 Å². The lowest BCUT2D eigenvalue weighted by Gasteiger charge is -2.31. The summed E-state index contributed by atoms with van der Waals surface area (Å²) in [6, 6.07) is 8.34. The lowest BCUT2D eigenvalue weighted by atomic mass is 9.87. The van der Waals surface area contributed by atoms with Gasteiger partial charge in [-0.3, -0.25) is 4.79 Å². The van der Waals surface area contributed by atoms with Crippen LogP contribution in [-0.4, -0.2) is 35.6 Å². The lowest BCUT2D eigenvalue weighted by Crippen LogP contribution is -2.40. The van der Waals surface area contributed by atoms with Crippen molar-refractivity contribution < 1.29 is 9.90 Å². The maximum atomic E-state index is 12.2. The molecule has 0 radical (unpaired) electrons. The highest BCUT2D eigenvalue weighted by Crippen LogP contribution is 2.22. The number of carbonyl (C=O) groups is 1. The van der Waals surface area contributed by atoms with E-state index in [9.17, 15) is 9.90 Å². The van der Waals surface area contributed by atoms with Crippen LogP contribution in [0.5, 0.6) is 0 Å². The molecule has 1 aromatic rings. The smallest absolute Gasteiger partial charge is 0.246 e. The van der Waals surface area contributed by atoms with Crippen LogP contribution in [0.3, 0.4) is 0 Å². The van der Waals surface area contributed by atoms with E-state index < -0.39 is 0 Å². The van der Waals surface area contributed by atoms with Gasteiger partial charge in [-0.1, -0.05) is 45.0 Å².